The molecule has 1 aliphatic rings. The molecule has 0 aromatic heterocycles. The number of nitrogens with zero attached hydrogens (tertiary/aromatic N) is 1. The molecule has 2 heteroatoms. The Morgan fingerprint density at radius 2 is 1.83 bits per heavy atom. The summed E-state index contributed by atoms with van der Waals surface area (Å²) in [6, 6.07) is 0.380. The van der Waals surface area contributed by atoms with Gasteiger partial charge in [0.05, 0.1) is 6.10 Å². The summed E-state index contributed by atoms with van der Waals surface area (Å²) in [6.07, 6.45) is 3.20. The summed E-state index contributed by atoms with van der Waals surface area (Å²) < 4.78 is 0. The molecule has 0 amide bonds. The third kappa shape index (κ3) is 1.99. The van der Waals surface area contributed by atoms with Crippen LogP contribution in [-0.4, -0.2) is 34.7 Å². The highest BCUT2D eigenvalue weighted by atomic mass is 16.3. The average molecular weight is 171 g/mol. The van der Waals surface area contributed by atoms with Gasteiger partial charge in [0.15, 0.2) is 0 Å². The maximum atomic E-state index is 9.68. The van der Waals surface area contributed by atoms with Crippen molar-refractivity contribution in [2.75, 3.05) is 7.05 Å². The predicted molar refractivity (Wildman–Crippen MR) is 51.2 cm³/mol. The first-order chi connectivity index (χ1) is 5.43. The van der Waals surface area contributed by atoms with E-state index in [9.17, 15) is 5.11 Å². The molecule has 0 unspecified atom stereocenters. The van der Waals surface area contributed by atoms with Gasteiger partial charge in [0.2, 0.25) is 0 Å². The fourth-order valence-corrected chi connectivity index (χ4v) is 1.87. The van der Waals surface area contributed by atoms with Crippen LogP contribution >= 0.6 is 0 Å². The largest absolute Gasteiger partial charge is 0.391 e. The summed E-state index contributed by atoms with van der Waals surface area (Å²) in [5.41, 5.74) is 0.177. The van der Waals surface area contributed by atoms with Crippen molar-refractivity contribution in [1.29, 1.82) is 0 Å². The molecular formula is C10H21NO. The molecule has 0 heterocycles. The molecule has 0 aliphatic heterocycles. The number of rotatable bonds is 1. The summed E-state index contributed by atoms with van der Waals surface area (Å²) in [7, 11) is 2.11. The van der Waals surface area contributed by atoms with Crippen molar-refractivity contribution in [1.82, 2.24) is 4.90 Å². The Hall–Kier alpha value is -0.0800. The van der Waals surface area contributed by atoms with Gasteiger partial charge in [0.1, 0.15) is 0 Å². The van der Waals surface area contributed by atoms with E-state index in [0.717, 1.165) is 12.8 Å². The van der Waals surface area contributed by atoms with E-state index in [1.807, 2.05) is 0 Å². The second kappa shape index (κ2) is 3.35. The molecule has 1 fully saturated rings. The average Bonchev–Trinajstić information content (AvgIpc) is 2.31. The van der Waals surface area contributed by atoms with E-state index in [0.29, 0.717) is 6.04 Å². The molecular weight excluding hydrogens is 150 g/mol. The van der Waals surface area contributed by atoms with Crippen LogP contribution < -0.4 is 0 Å². The topological polar surface area (TPSA) is 23.5 Å². The molecule has 1 aliphatic carbocycles. The standard InChI is InChI=1S/C10H21NO/c1-10(2,3)11(4)8-6-5-7-9(8)12/h8-9,12H,5-7H2,1-4H3/t8-,9-/m0/s1. The van der Waals surface area contributed by atoms with Crippen molar-refractivity contribution >= 4 is 0 Å². The van der Waals surface area contributed by atoms with Crippen LogP contribution in [0.5, 0.6) is 0 Å². The van der Waals surface area contributed by atoms with Gasteiger partial charge in [-0.05, 0) is 47.1 Å². The van der Waals surface area contributed by atoms with Gasteiger partial charge in [-0.3, -0.25) is 4.90 Å². The Kier molecular flexibility index (Phi) is 2.79. The molecule has 1 saturated carbocycles. The van der Waals surface area contributed by atoms with Crippen LogP contribution in [0.4, 0.5) is 0 Å². The van der Waals surface area contributed by atoms with Gasteiger partial charge < -0.3 is 5.11 Å². The molecule has 1 rings (SSSR count). The first-order valence-corrected chi connectivity index (χ1v) is 4.84. The van der Waals surface area contributed by atoms with Gasteiger partial charge in [0.25, 0.3) is 0 Å². The van der Waals surface area contributed by atoms with Crippen LogP contribution in [0.3, 0.4) is 0 Å². The molecule has 0 aromatic rings. The maximum absolute atomic E-state index is 9.68. The minimum atomic E-state index is -0.103. The maximum Gasteiger partial charge on any atom is 0.0695 e. The van der Waals surface area contributed by atoms with Gasteiger partial charge in [-0.2, -0.15) is 0 Å². The zero-order valence-corrected chi connectivity index (χ0v) is 8.67. The Morgan fingerprint density at radius 3 is 2.17 bits per heavy atom. The number of aliphatic hydroxyl groups is 1. The van der Waals surface area contributed by atoms with Crippen molar-refractivity contribution in [3.63, 3.8) is 0 Å². The lowest BCUT2D eigenvalue weighted by molar-refractivity contribution is 0.0358. The highest BCUT2D eigenvalue weighted by Crippen LogP contribution is 2.27. The van der Waals surface area contributed by atoms with E-state index in [2.05, 4.69) is 32.7 Å². The van der Waals surface area contributed by atoms with Crippen LogP contribution in [0.1, 0.15) is 40.0 Å². The monoisotopic (exact) mass is 171 g/mol. The van der Waals surface area contributed by atoms with Crippen molar-refractivity contribution in [2.24, 2.45) is 0 Å². The lowest BCUT2D eigenvalue weighted by Gasteiger charge is -2.38. The van der Waals surface area contributed by atoms with E-state index >= 15 is 0 Å². The lowest BCUT2D eigenvalue weighted by Crippen LogP contribution is -2.48. The normalized spacial score (nSPS) is 31.5. The van der Waals surface area contributed by atoms with E-state index < -0.39 is 0 Å². The lowest BCUT2D eigenvalue weighted by atomic mass is 10.0. The zero-order valence-electron chi connectivity index (χ0n) is 8.67. The smallest absolute Gasteiger partial charge is 0.0695 e. The molecule has 0 aromatic carbocycles. The number of hydrogen-bond acceptors (Lipinski definition) is 2. The minimum Gasteiger partial charge on any atom is -0.391 e. The second-order valence-electron chi connectivity index (χ2n) is 4.85. The summed E-state index contributed by atoms with van der Waals surface area (Å²) >= 11 is 0. The van der Waals surface area contributed by atoms with E-state index in [-0.39, 0.29) is 11.6 Å². The highest BCUT2D eigenvalue weighted by Gasteiger charge is 2.33. The summed E-state index contributed by atoms with van der Waals surface area (Å²) in [4.78, 5) is 2.30. The van der Waals surface area contributed by atoms with Crippen molar-refractivity contribution in [3.8, 4) is 0 Å². The summed E-state index contributed by atoms with van der Waals surface area (Å²) in [5, 5.41) is 9.68. The summed E-state index contributed by atoms with van der Waals surface area (Å²) in [6.45, 7) is 6.58. The van der Waals surface area contributed by atoms with Gasteiger partial charge in [-0.1, -0.05) is 0 Å². The van der Waals surface area contributed by atoms with Crippen molar-refractivity contribution < 1.29 is 5.11 Å². The Labute approximate surface area is 75.6 Å². The van der Waals surface area contributed by atoms with Crippen LogP contribution in [0.2, 0.25) is 0 Å². The number of aliphatic hydroxyl groups excluding tert-OH is 1. The van der Waals surface area contributed by atoms with Gasteiger partial charge in [0, 0.05) is 11.6 Å². The number of likely N-dealkylation sites (N-methyl/N-ethyl adjacent to an activating group) is 1. The third-order valence-corrected chi connectivity index (χ3v) is 3.00. The zero-order chi connectivity index (χ0) is 9.35. The Balaban J connectivity index is 2.57. The Morgan fingerprint density at radius 1 is 1.25 bits per heavy atom. The molecule has 72 valence electrons. The molecule has 0 radical (unpaired) electrons. The molecule has 0 bridgehead atoms. The predicted octanol–water partition coefficient (Wildman–Crippen LogP) is 1.63. The minimum absolute atomic E-state index is 0.103. The van der Waals surface area contributed by atoms with Crippen molar-refractivity contribution in [3.05, 3.63) is 0 Å². The van der Waals surface area contributed by atoms with Crippen LogP contribution in [-0.2, 0) is 0 Å². The third-order valence-electron chi connectivity index (χ3n) is 3.00. The quantitative estimate of drug-likeness (QED) is 0.648. The second-order valence-corrected chi connectivity index (χ2v) is 4.85. The molecule has 12 heavy (non-hydrogen) atoms. The van der Waals surface area contributed by atoms with Gasteiger partial charge >= 0.3 is 0 Å². The first-order valence-electron chi connectivity index (χ1n) is 4.84. The van der Waals surface area contributed by atoms with Gasteiger partial charge in [-0.25, -0.2) is 0 Å². The van der Waals surface area contributed by atoms with Crippen molar-refractivity contribution in [2.45, 2.75) is 57.7 Å². The SMILES string of the molecule is CN([C@H]1CCC[C@@H]1O)C(C)(C)C. The molecule has 0 spiro atoms. The van der Waals surface area contributed by atoms with Crippen LogP contribution in [0.25, 0.3) is 0 Å². The van der Waals surface area contributed by atoms with Crippen LogP contribution in [0, 0.1) is 0 Å². The van der Waals surface area contributed by atoms with E-state index in [4.69, 9.17) is 0 Å². The van der Waals surface area contributed by atoms with E-state index in [1.165, 1.54) is 6.42 Å². The van der Waals surface area contributed by atoms with Crippen LogP contribution in [0.15, 0.2) is 0 Å². The molecule has 1 N–H and O–H groups in total. The highest BCUT2D eigenvalue weighted by molar-refractivity contribution is 4.88. The molecule has 2 atom stereocenters. The van der Waals surface area contributed by atoms with E-state index in [1.54, 1.807) is 0 Å². The van der Waals surface area contributed by atoms with Gasteiger partial charge in [-0.15, -0.1) is 0 Å². The molecule has 2 nitrogen and oxygen atoms in total. The number of hydrogen-bond donors (Lipinski definition) is 1. The molecule has 0 saturated heterocycles. The fraction of sp³-hybridized carbons (Fsp3) is 1.00. The summed E-state index contributed by atoms with van der Waals surface area (Å²) in [5.74, 6) is 0. The first kappa shape index (κ1) is 10.0. The Bertz CT molecular complexity index is 150. The fourth-order valence-electron chi connectivity index (χ4n) is 1.87.